The third-order valence-corrected chi connectivity index (χ3v) is 3.38. The van der Waals surface area contributed by atoms with Crippen LogP contribution < -0.4 is 5.32 Å². The van der Waals surface area contributed by atoms with Crippen LogP contribution in [0, 0.1) is 0 Å². The molecule has 3 nitrogen and oxygen atoms in total. The highest BCUT2D eigenvalue weighted by Crippen LogP contribution is 2.31. The fourth-order valence-electron chi connectivity index (χ4n) is 2.29. The normalized spacial score (nSPS) is 13.9. The zero-order valence-electron chi connectivity index (χ0n) is 11.8. The Hall–Kier alpha value is -1.56. The summed E-state index contributed by atoms with van der Waals surface area (Å²) in [6, 6.07) is 3.69. The average molecular weight is 285 g/mol. The molecule has 110 valence electrons. The average Bonchev–Trinajstić information content (AvgIpc) is 2.72. The van der Waals surface area contributed by atoms with Gasteiger partial charge in [0.25, 0.3) is 0 Å². The summed E-state index contributed by atoms with van der Waals surface area (Å²) in [5.41, 5.74) is 0.450. The van der Waals surface area contributed by atoms with E-state index in [1.807, 2.05) is 25.5 Å². The van der Waals surface area contributed by atoms with Gasteiger partial charge in [-0.3, -0.25) is 0 Å². The van der Waals surface area contributed by atoms with Crippen molar-refractivity contribution in [2.75, 3.05) is 13.1 Å². The summed E-state index contributed by atoms with van der Waals surface area (Å²) in [6.45, 7) is 5.62. The Balaban J connectivity index is 2.42. The van der Waals surface area contributed by atoms with Crippen molar-refractivity contribution in [3.63, 3.8) is 0 Å². The van der Waals surface area contributed by atoms with Crippen molar-refractivity contribution < 1.29 is 13.2 Å². The minimum atomic E-state index is -4.33. The van der Waals surface area contributed by atoms with Gasteiger partial charge in [0.15, 0.2) is 0 Å². The molecule has 0 radical (unpaired) electrons. The lowest BCUT2D eigenvalue weighted by Crippen LogP contribution is -2.21. The van der Waals surface area contributed by atoms with Gasteiger partial charge in [-0.05, 0) is 24.7 Å². The zero-order chi connectivity index (χ0) is 14.9. The number of rotatable bonds is 4. The third kappa shape index (κ3) is 2.80. The lowest BCUT2D eigenvalue weighted by atomic mass is 10.1. The number of alkyl halides is 3. The molecule has 2 rings (SSSR count). The minimum Gasteiger partial charge on any atom is -0.331 e. The lowest BCUT2D eigenvalue weighted by Gasteiger charge is -2.11. The molecule has 1 aromatic heterocycles. The van der Waals surface area contributed by atoms with Crippen LogP contribution in [0.3, 0.4) is 0 Å². The van der Waals surface area contributed by atoms with Crippen LogP contribution in [0.4, 0.5) is 13.2 Å². The molecule has 20 heavy (non-hydrogen) atoms. The van der Waals surface area contributed by atoms with E-state index in [-0.39, 0.29) is 5.92 Å². The highest BCUT2D eigenvalue weighted by atomic mass is 19.4. The molecule has 6 heteroatoms. The van der Waals surface area contributed by atoms with Gasteiger partial charge in [0, 0.05) is 19.5 Å². The monoisotopic (exact) mass is 285 g/mol. The Kier molecular flexibility index (Phi) is 4.04. The number of hydrogen-bond donors (Lipinski definition) is 1. The van der Waals surface area contributed by atoms with Crippen molar-refractivity contribution in [2.45, 2.75) is 25.9 Å². The number of nitrogens with one attached hydrogen (secondary N) is 1. The van der Waals surface area contributed by atoms with Gasteiger partial charge in [0.2, 0.25) is 0 Å². The molecule has 0 amide bonds. The van der Waals surface area contributed by atoms with Crippen LogP contribution >= 0.6 is 0 Å². The first kappa shape index (κ1) is 14.8. The van der Waals surface area contributed by atoms with Crippen LogP contribution in [0.5, 0.6) is 0 Å². The highest BCUT2D eigenvalue weighted by molar-refractivity contribution is 5.77. The van der Waals surface area contributed by atoms with Gasteiger partial charge in [0.1, 0.15) is 5.82 Å². The minimum absolute atomic E-state index is 0.140. The van der Waals surface area contributed by atoms with Gasteiger partial charge in [-0.25, -0.2) is 4.98 Å². The Morgan fingerprint density at radius 2 is 2.05 bits per heavy atom. The summed E-state index contributed by atoms with van der Waals surface area (Å²) >= 11 is 0. The van der Waals surface area contributed by atoms with Crippen LogP contribution in [0.2, 0.25) is 0 Å². The number of nitrogens with zero attached hydrogens (tertiary/aromatic N) is 2. The largest absolute Gasteiger partial charge is 0.416 e. The molecule has 0 saturated heterocycles. The molecule has 1 N–H and O–H groups in total. The first-order valence-corrected chi connectivity index (χ1v) is 6.59. The van der Waals surface area contributed by atoms with E-state index in [1.165, 1.54) is 6.07 Å². The molecular formula is C14H18F3N3. The molecule has 0 aliphatic heterocycles. The standard InChI is InChI=1S/C14H18F3N3/c1-4-18-8-9(2)13-19-11-7-10(14(15,16)17)5-6-12(11)20(13)3/h5-7,9,18H,4,8H2,1-3H3. The predicted molar refractivity (Wildman–Crippen MR) is 72.7 cm³/mol. The second-order valence-electron chi connectivity index (χ2n) is 4.94. The van der Waals surface area contributed by atoms with Gasteiger partial charge >= 0.3 is 6.18 Å². The van der Waals surface area contributed by atoms with Gasteiger partial charge in [-0.15, -0.1) is 0 Å². The fourth-order valence-corrected chi connectivity index (χ4v) is 2.29. The van der Waals surface area contributed by atoms with Crippen LogP contribution in [0.1, 0.15) is 31.2 Å². The second kappa shape index (κ2) is 5.44. The maximum absolute atomic E-state index is 12.7. The molecule has 0 aliphatic rings. The van der Waals surface area contributed by atoms with E-state index in [0.29, 0.717) is 5.52 Å². The van der Waals surface area contributed by atoms with Gasteiger partial charge in [-0.1, -0.05) is 13.8 Å². The number of aryl methyl sites for hydroxylation is 1. The Morgan fingerprint density at radius 3 is 2.65 bits per heavy atom. The molecule has 2 aromatic rings. The SMILES string of the molecule is CCNCC(C)c1nc2cc(C(F)(F)F)ccc2n1C. The number of fused-ring (bicyclic) bond motifs is 1. The number of halogens is 3. The van der Waals surface area contributed by atoms with Crippen LogP contribution in [0.15, 0.2) is 18.2 Å². The maximum Gasteiger partial charge on any atom is 0.416 e. The molecule has 1 aromatic carbocycles. The summed E-state index contributed by atoms with van der Waals surface area (Å²) in [6.07, 6.45) is -4.33. The molecule has 0 saturated carbocycles. The summed E-state index contributed by atoms with van der Waals surface area (Å²) in [4.78, 5) is 4.36. The first-order valence-electron chi connectivity index (χ1n) is 6.59. The molecular weight excluding hydrogens is 267 g/mol. The topological polar surface area (TPSA) is 29.9 Å². The quantitative estimate of drug-likeness (QED) is 0.934. The number of aromatic nitrogens is 2. The van der Waals surface area contributed by atoms with Crippen LogP contribution in [0.25, 0.3) is 11.0 Å². The lowest BCUT2D eigenvalue weighted by molar-refractivity contribution is -0.137. The number of likely N-dealkylation sites (N-methyl/N-ethyl adjacent to an activating group) is 1. The van der Waals surface area contributed by atoms with Crippen LogP contribution in [-0.4, -0.2) is 22.6 Å². The smallest absolute Gasteiger partial charge is 0.331 e. The molecule has 0 bridgehead atoms. The predicted octanol–water partition coefficient (Wildman–Crippen LogP) is 3.31. The van der Waals surface area contributed by atoms with Gasteiger partial charge in [0.05, 0.1) is 16.6 Å². The van der Waals surface area contributed by atoms with Gasteiger partial charge < -0.3 is 9.88 Å². The highest BCUT2D eigenvalue weighted by Gasteiger charge is 2.31. The molecule has 1 unspecified atom stereocenters. The van der Waals surface area contributed by atoms with E-state index in [9.17, 15) is 13.2 Å². The number of benzene rings is 1. The molecule has 1 atom stereocenters. The van der Waals surface area contributed by atoms with Crippen molar-refractivity contribution in [3.05, 3.63) is 29.6 Å². The van der Waals surface area contributed by atoms with E-state index >= 15 is 0 Å². The summed E-state index contributed by atoms with van der Waals surface area (Å²) in [7, 11) is 1.83. The van der Waals surface area contributed by atoms with Crippen molar-refractivity contribution in [1.82, 2.24) is 14.9 Å². The van der Waals surface area contributed by atoms with E-state index in [1.54, 1.807) is 0 Å². The van der Waals surface area contributed by atoms with E-state index < -0.39 is 11.7 Å². The summed E-state index contributed by atoms with van der Waals surface area (Å²) in [5, 5.41) is 3.22. The van der Waals surface area contributed by atoms with E-state index in [2.05, 4.69) is 10.3 Å². The van der Waals surface area contributed by atoms with Crippen molar-refractivity contribution in [1.29, 1.82) is 0 Å². The number of hydrogen-bond acceptors (Lipinski definition) is 2. The zero-order valence-corrected chi connectivity index (χ0v) is 11.8. The van der Waals surface area contributed by atoms with E-state index in [4.69, 9.17) is 0 Å². The maximum atomic E-state index is 12.7. The Morgan fingerprint density at radius 1 is 1.35 bits per heavy atom. The summed E-state index contributed by atoms with van der Waals surface area (Å²) in [5.74, 6) is 0.932. The molecule has 0 fully saturated rings. The van der Waals surface area contributed by atoms with E-state index in [0.717, 1.165) is 36.6 Å². The van der Waals surface area contributed by atoms with Crippen molar-refractivity contribution in [2.24, 2.45) is 7.05 Å². The Labute approximate surface area is 115 Å². The summed E-state index contributed by atoms with van der Waals surface area (Å²) < 4.78 is 40.0. The third-order valence-electron chi connectivity index (χ3n) is 3.38. The fraction of sp³-hybridized carbons (Fsp3) is 0.500. The Bertz CT molecular complexity index is 601. The molecule has 0 aliphatic carbocycles. The second-order valence-corrected chi connectivity index (χ2v) is 4.94. The van der Waals surface area contributed by atoms with Gasteiger partial charge in [-0.2, -0.15) is 13.2 Å². The van der Waals surface area contributed by atoms with Crippen molar-refractivity contribution in [3.8, 4) is 0 Å². The first-order chi connectivity index (χ1) is 9.34. The molecule has 1 heterocycles. The van der Waals surface area contributed by atoms with Crippen molar-refractivity contribution >= 4 is 11.0 Å². The number of imidazole rings is 1. The van der Waals surface area contributed by atoms with Crippen LogP contribution in [-0.2, 0) is 13.2 Å². The molecule has 0 spiro atoms.